The van der Waals surface area contributed by atoms with Gasteiger partial charge in [-0.15, -0.1) is 0 Å². The fourth-order valence-corrected chi connectivity index (χ4v) is 1.88. The van der Waals surface area contributed by atoms with Gasteiger partial charge in [-0.05, 0) is 30.3 Å². The zero-order valence-electron chi connectivity index (χ0n) is 11.7. The van der Waals surface area contributed by atoms with E-state index < -0.39 is 5.97 Å². The second-order valence-corrected chi connectivity index (χ2v) is 4.62. The van der Waals surface area contributed by atoms with E-state index in [2.05, 4.69) is 0 Å². The lowest BCUT2D eigenvalue weighted by Crippen LogP contribution is -2.23. The maximum absolute atomic E-state index is 10.9. The quantitative estimate of drug-likeness (QED) is 0.854. The number of ether oxygens (including phenoxy) is 1. The summed E-state index contributed by atoms with van der Waals surface area (Å²) in [6.07, 6.45) is 0. The van der Waals surface area contributed by atoms with Crippen molar-refractivity contribution in [1.29, 1.82) is 0 Å². The smallest absolute Gasteiger partial charge is 0.335 e. The van der Waals surface area contributed by atoms with E-state index in [0.717, 1.165) is 5.69 Å². The van der Waals surface area contributed by atoms with E-state index in [-0.39, 0.29) is 11.3 Å². The summed E-state index contributed by atoms with van der Waals surface area (Å²) in [5.41, 5.74) is 1.09. The van der Waals surface area contributed by atoms with Crippen molar-refractivity contribution in [2.45, 2.75) is 0 Å². The number of carboxylic acid groups (broad SMARTS) is 1. The molecule has 0 bridgehead atoms. The predicted molar refractivity (Wildman–Crippen MR) is 80.3 cm³/mol. The highest BCUT2D eigenvalue weighted by Crippen LogP contribution is 2.19. The first-order chi connectivity index (χ1) is 10.1. The number of phenolic OH excluding ortho intramolecular Hbond substituents is 1. The molecule has 0 saturated heterocycles. The summed E-state index contributed by atoms with van der Waals surface area (Å²) in [7, 11) is 1.89. The Morgan fingerprint density at radius 1 is 1.19 bits per heavy atom. The van der Waals surface area contributed by atoms with Crippen molar-refractivity contribution in [3.8, 4) is 11.5 Å². The molecule has 0 radical (unpaired) electrons. The van der Waals surface area contributed by atoms with Crippen molar-refractivity contribution < 1.29 is 19.7 Å². The average Bonchev–Trinajstić information content (AvgIpc) is 2.47. The van der Waals surface area contributed by atoms with Gasteiger partial charge in [0, 0.05) is 18.8 Å². The highest BCUT2D eigenvalue weighted by Gasteiger charge is 2.05. The van der Waals surface area contributed by atoms with Crippen LogP contribution < -0.4 is 9.64 Å². The van der Waals surface area contributed by atoms with Gasteiger partial charge in [0.1, 0.15) is 18.1 Å². The molecule has 0 aromatic heterocycles. The Bertz CT molecular complexity index is 627. The molecular formula is C16H17NO4. The number of phenols is 1. The lowest BCUT2D eigenvalue weighted by Gasteiger charge is -2.19. The molecular weight excluding hydrogens is 270 g/mol. The molecule has 0 aliphatic heterocycles. The van der Waals surface area contributed by atoms with Gasteiger partial charge in [0.05, 0.1) is 12.1 Å². The molecule has 2 aromatic carbocycles. The first-order valence-electron chi connectivity index (χ1n) is 6.52. The SMILES string of the molecule is CN(CCOc1cccc(C(=O)O)c1)c1cccc(O)c1. The van der Waals surface area contributed by atoms with Crippen molar-refractivity contribution in [1.82, 2.24) is 0 Å². The molecule has 2 rings (SSSR count). The van der Waals surface area contributed by atoms with Crippen LogP contribution in [0.1, 0.15) is 10.4 Å². The Hall–Kier alpha value is -2.69. The number of anilines is 1. The molecule has 0 aliphatic rings. The molecule has 5 nitrogen and oxygen atoms in total. The molecule has 21 heavy (non-hydrogen) atoms. The fraction of sp³-hybridized carbons (Fsp3) is 0.188. The van der Waals surface area contributed by atoms with Crippen LogP contribution in [0, 0.1) is 0 Å². The van der Waals surface area contributed by atoms with E-state index >= 15 is 0 Å². The third kappa shape index (κ3) is 4.14. The van der Waals surface area contributed by atoms with E-state index in [4.69, 9.17) is 9.84 Å². The molecule has 0 saturated carbocycles. The van der Waals surface area contributed by atoms with Crippen LogP contribution in [0.25, 0.3) is 0 Å². The van der Waals surface area contributed by atoms with Gasteiger partial charge < -0.3 is 19.8 Å². The molecule has 0 heterocycles. The van der Waals surface area contributed by atoms with Crippen molar-refractivity contribution in [3.05, 3.63) is 54.1 Å². The second kappa shape index (κ2) is 6.65. The van der Waals surface area contributed by atoms with E-state index in [1.165, 1.54) is 12.1 Å². The lowest BCUT2D eigenvalue weighted by molar-refractivity contribution is 0.0696. The highest BCUT2D eigenvalue weighted by atomic mass is 16.5. The van der Waals surface area contributed by atoms with Crippen LogP contribution in [0.3, 0.4) is 0 Å². The number of benzene rings is 2. The van der Waals surface area contributed by atoms with E-state index in [1.807, 2.05) is 18.0 Å². The zero-order chi connectivity index (χ0) is 15.2. The van der Waals surface area contributed by atoms with Gasteiger partial charge in [0.2, 0.25) is 0 Å². The number of rotatable bonds is 6. The Kier molecular flexibility index (Phi) is 4.66. The molecule has 0 spiro atoms. The molecule has 0 fully saturated rings. The van der Waals surface area contributed by atoms with Crippen LogP contribution >= 0.6 is 0 Å². The van der Waals surface area contributed by atoms with E-state index in [1.54, 1.807) is 30.3 Å². The van der Waals surface area contributed by atoms with Gasteiger partial charge in [-0.2, -0.15) is 0 Å². The van der Waals surface area contributed by atoms with Crippen LogP contribution in [-0.2, 0) is 0 Å². The number of hydrogen-bond acceptors (Lipinski definition) is 4. The van der Waals surface area contributed by atoms with E-state index in [0.29, 0.717) is 18.9 Å². The number of aromatic carboxylic acids is 1. The number of hydrogen-bond donors (Lipinski definition) is 2. The van der Waals surface area contributed by atoms with Crippen LogP contribution in [0.15, 0.2) is 48.5 Å². The summed E-state index contributed by atoms with van der Waals surface area (Å²) >= 11 is 0. The summed E-state index contributed by atoms with van der Waals surface area (Å²) in [4.78, 5) is 12.8. The van der Waals surface area contributed by atoms with Gasteiger partial charge in [-0.25, -0.2) is 4.79 Å². The molecule has 0 aliphatic carbocycles. The minimum Gasteiger partial charge on any atom is -0.508 e. The Labute approximate surface area is 123 Å². The van der Waals surface area contributed by atoms with E-state index in [9.17, 15) is 9.90 Å². The first kappa shape index (κ1) is 14.7. The third-order valence-electron chi connectivity index (χ3n) is 3.05. The van der Waals surface area contributed by atoms with Crippen LogP contribution in [0.2, 0.25) is 0 Å². The minimum atomic E-state index is -0.975. The summed E-state index contributed by atoms with van der Waals surface area (Å²) in [5.74, 6) is -0.231. The Balaban J connectivity index is 1.89. The maximum atomic E-state index is 10.9. The first-order valence-corrected chi connectivity index (χ1v) is 6.52. The monoisotopic (exact) mass is 287 g/mol. The number of carboxylic acids is 1. The fourth-order valence-electron chi connectivity index (χ4n) is 1.88. The van der Waals surface area contributed by atoms with Crippen LogP contribution in [-0.4, -0.2) is 36.4 Å². The highest BCUT2D eigenvalue weighted by molar-refractivity contribution is 5.87. The third-order valence-corrected chi connectivity index (χ3v) is 3.05. The summed E-state index contributed by atoms with van der Waals surface area (Å²) in [5, 5.41) is 18.3. The van der Waals surface area contributed by atoms with Gasteiger partial charge >= 0.3 is 5.97 Å². The lowest BCUT2D eigenvalue weighted by atomic mass is 10.2. The molecule has 0 atom stereocenters. The average molecular weight is 287 g/mol. The predicted octanol–water partition coefficient (Wildman–Crippen LogP) is 2.61. The number of carbonyl (C=O) groups is 1. The Morgan fingerprint density at radius 2 is 1.95 bits per heavy atom. The van der Waals surface area contributed by atoms with Gasteiger partial charge in [-0.3, -0.25) is 0 Å². The maximum Gasteiger partial charge on any atom is 0.335 e. The number of aromatic hydroxyl groups is 1. The van der Waals surface area contributed by atoms with Crippen molar-refractivity contribution in [2.24, 2.45) is 0 Å². The van der Waals surface area contributed by atoms with Gasteiger partial charge in [-0.1, -0.05) is 12.1 Å². The van der Waals surface area contributed by atoms with Gasteiger partial charge in [0.15, 0.2) is 0 Å². The normalized spacial score (nSPS) is 10.1. The summed E-state index contributed by atoms with van der Waals surface area (Å²) < 4.78 is 5.55. The molecule has 5 heteroatoms. The summed E-state index contributed by atoms with van der Waals surface area (Å²) in [6, 6.07) is 13.3. The number of likely N-dealkylation sites (N-methyl/N-ethyl adjacent to an activating group) is 1. The zero-order valence-corrected chi connectivity index (χ0v) is 11.7. The van der Waals surface area contributed by atoms with Crippen molar-refractivity contribution in [2.75, 3.05) is 25.1 Å². The van der Waals surface area contributed by atoms with Crippen LogP contribution in [0.4, 0.5) is 5.69 Å². The van der Waals surface area contributed by atoms with Crippen molar-refractivity contribution in [3.63, 3.8) is 0 Å². The van der Waals surface area contributed by atoms with Crippen molar-refractivity contribution >= 4 is 11.7 Å². The largest absolute Gasteiger partial charge is 0.508 e. The molecule has 2 aromatic rings. The molecule has 2 N–H and O–H groups in total. The molecule has 0 unspecified atom stereocenters. The Morgan fingerprint density at radius 3 is 2.67 bits per heavy atom. The standard InChI is InChI=1S/C16H17NO4/c1-17(13-5-3-6-14(18)11-13)8-9-21-15-7-2-4-12(10-15)16(19)20/h2-7,10-11,18H,8-9H2,1H3,(H,19,20). The minimum absolute atomic E-state index is 0.203. The van der Waals surface area contributed by atoms with Crippen LogP contribution in [0.5, 0.6) is 11.5 Å². The molecule has 110 valence electrons. The molecule has 0 amide bonds. The van der Waals surface area contributed by atoms with Gasteiger partial charge in [0.25, 0.3) is 0 Å². The number of nitrogens with zero attached hydrogens (tertiary/aromatic N) is 1. The summed E-state index contributed by atoms with van der Waals surface area (Å²) in [6.45, 7) is 1.02. The topological polar surface area (TPSA) is 70.0 Å². The second-order valence-electron chi connectivity index (χ2n) is 4.62.